The minimum absolute atomic E-state index is 0.579. The van der Waals surface area contributed by atoms with Gasteiger partial charge in [-0.05, 0) is 48.9 Å². The Labute approximate surface area is 161 Å². The van der Waals surface area contributed by atoms with Gasteiger partial charge < -0.3 is 5.32 Å². The number of hydrogen-bond donors (Lipinski definition) is 1. The number of rotatable bonds is 3. The summed E-state index contributed by atoms with van der Waals surface area (Å²) in [6.45, 7) is 1.97. The summed E-state index contributed by atoms with van der Waals surface area (Å²) in [7, 11) is 0. The second kappa shape index (κ2) is 6.94. The second-order valence-electron chi connectivity index (χ2n) is 5.98. The third-order valence-electron chi connectivity index (χ3n) is 4.15. The van der Waals surface area contributed by atoms with Gasteiger partial charge in [-0.3, -0.25) is 0 Å². The van der Waals surface area contributed by atoms with Gasteiger partial charge in [0.15, 0.2) is 5.82 Å². The van der Waals surface area contributed by atoms with Crippen LogP contribution in [0.2, 0.25) is 10.0 Å². The van der Waals surface area contributed by atoms with Crippen LogP contribution < -0.4 is 5.32 Å². The number of fused-ring (bicyclic) bond motifs is 1. The van der Waals surface area contributed by atoms with Gasteiger partial charge in [0.25, 0.3) is 0 Å². The molecule has 0 unspecified atom stereocenters. The van der Waals surface area contributed by atoms with E-state index < -0.39 is 0 Å². The average molecular weight is 380 g/mol. The number of nitrogens with one attached hydrogen (secondary N) is 1. The summed E-state index contributed by atoms with van der Waals surface area (Å²) in [4.78, 5) is 9.41. The van der Waals surface area contributed by atoms with E-state index in [1.807, 2.05) is 73.7 Å². The van der Waals surface area contributed by atoms with E-state index in [9.17, 15) is 0 Å². The maximum Gasteiger partial charge on any atom is 0.163 e. The van der Waals surface area contributed by atoms with Crippen LogP contribution in [-0.2, 0) is 0 Å². The van der Waals surface area contributed by atoms with Crippen molar-refractivity contribution >= 4 is 45.6 Å². The van der Waals surface area contributed by atoms with Crippen molar-refractivity contribution in [2.24, 2.45) is 0 Å². The summed E-state index contributed by atoms with van der Waals surface area (Å²) >= 11 is 12.6. The van der Waals surface area contributed by atoms with Crippen LogP contribution in [0.5, 0.6) is 0 Å². The fourth-order valence-electron chi connectivity index (χ4n) is 2.74. The normalized spacial score (nSPS) is 10.9. The molecular formula is C21H15Cl2N3. The van der Waals surface area contributed by atoms with Crippen molar-refractivity contribution in [3.8, 4) is 11.4 Å². The molecule has 0 atom stereocenters. The van der Waals surface area contributed by atoms with E-state index >= 15 is 0 Å². The Morgan fingerprint density at radius 1 is 0.808 bits per heavy atom. The maximum absolute atomic E-state index is 6.34. The first-order valence-corrected chi connectivity index (χ1v) is 8.92. The van der Waals surface area contributed by atoms with Gasteiger partial charge in [-0.2, -0.15) is 0 Å². The summed E-state index contributed by atoms with van der Waals surface area (Å²) in [5, 5.41) is 5.62. The van der Waals surface area contributed by atoms with Crippen LogP contribution in [0, 0.1) is 6.92 Å². The number of benzene rings is 3. The van der Waals surface area contributed by atoms with Crippen LogP contribution in [0.1, 0.15) is 5.56 Å². The van der Waals surface area contributed by atoms with Gasteiger partial charge in [-0.25, -0.2) is 9.97 Å². The zero-order chi connectivity index (χ0) is 18.1. The number of halogens is 2. The van der Waals surface area contributed by atoms with Gasteiger partial charge in [0, 0.05) is 21.7 Å². The van der Waals surface area contributed by atoms with Crippen molar-refractivity contribution in [1.29, 1.82) is 0 Å². The lowest BCUT2D eigenvalue weighted by atomic mass is 10.1. The van der Waals surface area contributed by atoms with Crippen molar-refractivity contribution in [3.05, 3.63) is 82.3 Å². The third kappa shape index (κ3) is 3.24. The molecule has 3 aromatic carbocycles. The minimum atomic E-state index is 0.579. The van der Waals surface area contributed by atoms with Crippen molar-refractivity contribution < 1.29 is 0 Å². The monoisotopic (exact) mass is 379 g/mol. The van der Waals surface area contributed by atoms with Crippen LogP contribution in [-0.4, -0.2) is 9.97 Å². The third-order valence-corrected chi connectivity index (χ3v) is 4.89. The molecule has 0 radical (unpaired) electrons. The Morgan fingerprint density at radius 2 is 1.58 bits per heavy atom. The molecule has 128 valence electrons. The standard InChI is InChI=1S/C21H15Cl2N3/c1-13-10-11-14(12-18(13)23)24-21-16-7-3-5-9-19(16)25-20(26-21)15-6-2-4-8-17(15)22/h2-12H,1H3,(H,24,25,26). The summed E-state index contributed by atoms with van der Waals surface area (Å²) < 4.78 is 0. The molecule has 1 N–H and O–H groups in total. The summed E-state index contributed by atoms with van der Waals surface area (Å²) in [5.74, 6) is 1.29. The van der Waals surface area contributed by atoms with Crippen molar-refractivity contribution in [2.75, 3.05) is 5.32 Å². The van der Waals surface area contributed by atoms with Crippen LogP contribution in [0.3, 0.4) is 0 Å². The number of anilines is 2. The summed E-state index contributed by atoms with van der Waals surface area (Å²) in [6.07, 6.45) is 0. The van der Waals surface area contributed by atoms with E-state index in [1.165, 1.54) is 0 Å². The highest BCUT2D eigenvalue weighted by atomic mass is 35.5. The van der Waals surface area contributed by atoms with Crippen molar-refractivity contribution in [1.82, 2.24) is 9.97 Å². The number of para-hydroxylation sites is 1. The first-order chi connectivity index (χ1) is 12.6. The number of hydrogen-bond acceptors (Lipinski definition) is 3. The Morgan fingerprint density at radius 3 is 2.38 bits per heavy atom. The van der Waals surface area contributed by atoms with Gasteiger partial charge in [0.05, 0.1) is 10.5 Å². The summed E-state index contributed by atoms with van der Waals surface area (Å²) in [5.41, 5.74) is 3.54. The first-order valence-electron chi connectivity index (χ1n) is 8.17. The number of aromatic nitrogens is 2. The minimum Gasteiger partial charge on any atom is -0.340 e. The largest absolute Gasteiger partial charge is 0.340 e. The van der Waals surface area contributed by atoms with Crippen molar-refractivity contribution in [2.45, 2.75) is 6.92 Å². The topological polar surface area (TPSA) is 37.8 Å². The molecular weight excluding hydrogens is 365 g/mol. The van der Waals surface area contributed by atoms with E-state index in [2.05, 4.69) is 10.3 Å². The fourth-order valence-corrected chi connectivity index (χ4v) is 3.14. The Bertz CT molecular complexity index is 1110. The smallest absolute Gasteiger partial charge is 0.163 e. The van der Waals surface area contributed by atoms with E-state index in [0.29, 0.717) is 21.7 Å². The van der Waals surface area contributed by atoms with E-state index in [4.69, 9.17) is 28.2 Å². The molecule has 0 aliphatic carbocycles. The van der Waals surface area contributed by atoms with Crippen LogP contribution >= 0.6 is 23.2 Å². The SMILES string of the molecule is Cc1ccc(Nc2nc(-c3ccccc3Cl)nc3ccccc23)cc1Cl. The first kappa shape index (κ1) is 16.8. The molecule has 3 nitrogen and oxygen atoms in total. The Kier molecular flexibility index (Phi) is 4.49. The number of nitrogens with zero attached hydrogens (tertiary/aromatic N) is 2. The highest BCUT2D eigenvalue weighted by Gasteiger charge is 2.12. The van der Waals surface area contributed by atoms with Crippen LogP contribution in [0.4, 0.5) is 11.5 Å². The molecule has 0 aliphatic rings. The molecule has 0 saturated carbocycles. The quantitative estimate of drug-likeness (QED) is 0.432. The predicted molar refractivity (Wildman–Crippen MR) is 109 cm³/mol. The lowest BCUT2D eigenvalue weighted by Crippen LogP contribution is -1.99. The Hall–Kier alpha value is -2.62. The second-order valence-corrected chi connectivity index (χ2v) is 6.80. The molecule has 4 rings (SSSR count). The molecule has 0 bridgehead atoms. The zero-order valence-corrected chi connectivity index (χ0v) is 15.5. The molecule has 0 saturated heterocycles. The molecule has 1 aromatic heterocycles. The lowest BCUT2D eigenvalue weighted by Gasteiger charge is -2.12. The van der Waals surface area contributed by atoms with Gasteiger partial charge >= 0.3 is 0 Å². The van der Waals surface area contributed by atoms with Crippen LogP contribution in [0.15, 0.2) is 66.7 Å². The van der Waals surface area contributed by atoms with Gasteiger partial charge in [-0.1, -0.05) is 53.5 Å². The molecule has 0 amide bonds. The maximum atomic E-state index is 6.34. The highest BCUT2D eigenvalue weighted by molar-refractivity contribution is 6.33. The Balaban J connectivity index is 1.87. The molecule has 5 heteroatoms. The molecule has 4 aromatic rings. The summed E-state index contributed by atoms with van der Waals surface area (Å²) in [6, 6.07) is 21.3. The highest BCUT2D eigenvalue weighted by Crippen LogP contribution is 2.31. The zero-order valence-electron chi connectivity index (χ0n) is 14.0. The molecule has 26 heavy (non-hydrogen) atoms. The fraction of sp³-hybridized carbons (Fsp3) is 0.0476. The molecule has 1 heterocycles. The average Bonchev–Trinajstić information content (AvgIpc) is 2.65. The molecule has 0 spiro atoms. The van der Waals surface area contributed by atoms with Gasteiger partial charge in [0.2, 0.25) is 0 Å². The van der Waals surface area contributed by atoms with Gasteiger partial charge in [-0.15, -0.1) is 0 Å². The molecule has 0 aliphatic heterocycles. The van der Waals surface area contributed by atoms with Crippen LogP contribution in [0.25, 0.3) is 22.3 Å². The van der Waals surface area contributed by atoms with Crippen molar-refractivity contribution in [3.63, 3.8) is 0 Å². The van der Waals surface area contributed by atoms with E-state index in [1.54, 1.807) is 0 Å². The van der Waals surface area contributed by atoms with E-state index in [-0.39, 0.29) is 0 Å². The van der Waals surface area contributed by atoms with E-state index in [0.717, 1.165) is 27.7 Å². The molecule has 0 fully saturated rings. The number of aryl methyl sites for hydroxylation is 1. The predicted octanol–water partition coefficient (Wildman–Crippen LogP) is 6.66. The van der Waals surface area contributed by atoms with Gasteiger partial charge in [0.1, 0.15) is 5.82 Å². The lowest BCUT2D eigenvalue weighted by molar-refractivity contribution is 1.22.